The van der Waals surface area contributed by atoms with Gasteiger partial charge in [0.05, 0.1) is 7.11 Å². The van der Waals surface area contributed by atoms with Crippen molar-refractivity contribution in [3.8, 4) is 5.75 Å². The molecule has 0 aromatic heterocycles. The summed E-state index contributed by atoms with van der Waals surface area (Å²) in [6, 6.07) is 5.01. The first-order valence-electron chi connectivity index (χ1n) is 9.15. The van der Waals surface area contributed by atoms with Crippen LogP contribution in [0.1, 0.15) is 15.9 Å². The lowest BCUT2D eigenvalue weighted by Crippen LogP contribution is -2.62. The first-order valence-corrected chi connectivity index (χ1v) is 9.15. The Balaban J connectivity index is 1.80. The maximum atomic E-state index is 13.2. The van der Waals surface area contributed by atoms with E-state index in [9.17, 15) is 9.59 Å². The summed E-state index contributed by atoms with van der Waals surface area (Å²) in [6.07, 6.45) is 0. The summed E-state index contributed by atoms with van der Waals surface area (Å²) in [7, 11) is 3.66. The van der Waals surface area contributed by atoms with Crippen molar-refractivity contribution in [1.29, 1.82) is 0 Å². The number of hydrogen-bond donors (Lipinski definition) is 1. The van der Waals surface area contributed by atoms with E-state index >= 15 is 0 Å². The van der Waals surface area contributed by atoms with E-state index in [2.05, 4.69) is 17.3 Å². The van der Waals surface area contributed by atoms with E-state index in [0.717, 1.165) is 18.7 Å². The summed E-state index contributed by atoms with van der Waals surface area (Å²) in [6.45, 7) is 6.77. The number of hydrogen-bond acceptors (Lipinski definition) is 5. The Morgan fingerprint density at radius 2 is 1.88 bits per heavy atom. The lowest BCUT2D eigenvalue weighted by molar-refractivity contribution is -0.138. The average Bonchev–Trinajstić information content (AvgIpc) is 2.67. The summed E-state index contributed by atoms with van der Waals surface area (Å²) in [4.78, 5) is 32.1. The van der Waals surface area contributed by atoms with Crippen LogP contribution in [0.25, 0.3) is 0 Å². The molecule has 2 saturated heterocycles. The van der Waals surface area contributed by atoms with Crippen molar-refractivity contribution in [3.05, 3.63) is 29.3 Å². The predicted octanol–water partition coefficient (Wildman–Crippen LogP) is 0.192. The molecule has 7 heteroatoms. The van der Waals surface area contributed by atoms with Crippen LogP contribution in [0.5, 0.6) is 5.75 Å². The fourth-order valence-electron chi connectivity index (χ4n) is 3.63. The van der Waals surface area contributed by atoms with E-state index in [-0.39, 0.29) is 11.8 Å². The Labute approximate surface area is 154 Å². The van der Waals surface area contributed by atoms with Crippen molar-refractivity contribution in [1.82, 2.24) is 20.0 Å². The number of carbonyl (C=O) groups is 2. The second-order valence-corrected chi connectivity index (χ2v) is 6.98. The molecule has 2 aliphatic heterocycles. The molecule has 0 unspecified atom stereocenters. The fraction of sp³-hybridized carbons (Fsp3) is 0.579. The van der Waals surface area contributed by atoms with Gasteiger partial charge in [0.25, 0.3) is 5.91 Å². The third-order valence-corrected chi connectivity index (χ3v) is 5.34. The summed E-state index contributed by atoms with van der Waals surface area (Å²) in [5.41, 5.74) is 1.41. The second-order valence-electron chi connectivity index (χ2n) is 6.98. The van der Waals surface area contributed by atoms with Crippen molar-refractivity contribution in [2.45, 2.75) is 13.0 Å². The van der Waals surface area contributed by atoms with Gasteiger partial charge in [-0.1, -0.05) is 6.07 Å². The molecule has 1 aromatic carbocycles. The third-order valence-electron chi connectivity index (χ3n) is 5.34. The smallest absolute Gasteiger partial charge is 0.255 e. The van der Waals surface area contributed by atoms with Crippen molar-refractivity contribution in [2.75, 3.05) is 60.0 Å². The molecule has 2 amide bonds. The first kappa shape index (κ1) is 18.7. The van der Waals surface area contributed by atoms with Crippen molar-refractivity contribution in [2.24, 2.45) is 0 Å². The number of piperazine rings is 2. The Hall–Kier alpha value is -2.12. The van der Waals surface area contributed by atoms with Crippen LogP contribution < -0.4 is 10.1 Å². The zero-order valence-corrected chi connectivity index (χ0v) is 15.8. The van der Waals surface area contributed by atoms with Crippen LogP contribution in [-0.2, 0) is 4.79 Å². The van der Waals surface area contributed by atoms with E-state index in [1.165, 1.54) is 0 Å². The zero-order chi connectivity index (χ0) is 18.7. The molecule has 0 spiro atoms. The normalized spacial score (nSPS) is 21.6. The molecule has 7 nitrogen and oxygen atoms in total. The van der Waals surface area contributed by atoms with Gasteiger partial charge in [-0.05, 0) is 26.1 Å². The molecule has 142 valence electrons. The third kappa shape index (κ3) is 3.68. The molecule has 1 N–H and O–H groups in total. The number of nitrogens with one attached hydrogen (secondary N) is 1. The highest BCUT2D eigenvalue weighted by Crippen LogP contribution is 2.23. The highest BCUT2D eigenvalue weighted by Gasteiger charge is 2.36. The monoisotopic (exact) mass is 360 g/mol. The van der Waals surface area contributed by atoms with Crippen LogP contribution in [0.4, 0.5) is 0 Å². The van der Waals surface area contributed by atoms with Gasteiger partial charge in [-0.3, -0.25) is 9.59 Å². The van der Waals surface area contributed by atoms with Gasteiger partial charge in [-0.25, -0.2) is 0 Å². The van der Waals surface area contributed by atoms with Crippen LogP contribution in [-0.4, -0.2) is 92.5 Å². The van der Waals surface area contributed by atoms with Gasteiger partial charge >= 0.3 is 0 Å². The number of rotatable bonds is 3. The van der Waals surface area contributed by atoms with Crippen molar-refractivity contribution >= 4 is 11.8 Å². The number of carbonyl (C=O) groups excluding carboxylic acids is 2. The van der Waals surface area contributed by atoms with E-state index in [1.807, 2.05) is 24.0 Å². The lowest BCUT2D eigenvalue weighted by Gasteiger charge is -2.40. The number of methoxy groups -OCH3 is 1. The SMILES string of the molecule is COc1cccc(C(=O)N2CCNC[C@@H]2C(=O)N2CCN(C)CC2)c1C. The molecule has 1 aromatic rings. The number of nitrogens with zero attached hydrogens (tertiary/aromatic N) is 3. The molecule has 0 radical (unpaired) electrons. The standard InChI is InChI=1S/C19H28N4O3/c1-14-15(5-4-6-17(14)26-3)18(24)23-8-7-20-13-16(23)19(25)22-11-9-21(2)10-12-22/h4-6,16,20H,7-13H2,1-3H3/t16-/m1/s1. The molecule has 26 heavy (non-hydrogen) atoms. The van der Waals surface area contributed by atoms with E-state index in [4.69, 9.17) is 4.74 Å². The van der Waals surface area contributed by atoms with E-state index < -0.39 is 6.04 Å². The molecule has 0 aliphatic carbocycles. The minimum absolute atomic E-state index is 0.0409. The minimum Gasteiger partial charge on any atom is -0.496 e. The van der Waals surface area contributed by atoms with Gasteiger partial charge in [0.2, 0.25) is 5.91 Å². The summed E-state index contributed by atoms with van der Waals surface area (Å²) < 4.78 is 5.34. The second kappa shape index (κ2) is 8.05. The van der Waals surface area contributed by atoms with Gasteiger partial charge in [-0.2, -0.15) is 0 Å². The quantitative estimate of drug-likeness (QED) is 0.834. The lowest BCUT2D eigenvalue weighted by atomic mass is 10.0. The molecule has 0 saturated carbocycles. The van der Waals surface area contributed by atoms with Gasteiger partial charge in [0.1, 0.15) is 11.8 Å². The highest BCUT2D eigenvalue weighted by atomic mass is 16.5. The topological polar surface area (TPSA) is 65.1 Å². The maximum absolute atomic E-state index is 13.2. The molecule has 2 fully saturated rings. The number of likely N-dealkylation sites (N-methyl/N-ethyl adjacent to an activating group) is 1. The molecule has 2 heterocycles. The van der Waals surface area contributed by atoms with E-state index in [1.54, 1.807) is 18.1 Å². The zero-order valence-electron chi connectivity index (χ0n) is 15.8. The fourth-order valence-corrected chi connectivity index (χ4v) is 3.63. The summed E-state index contributed by atoms with van der Waals surface area (Å²) in [5, 5.41) is 3.26. The van der Waals surface area contributed by atoms with Crippen LogP contribution in [0.15, 0.2) is 18.2 Å². The molecule has 2 aliphatic rings. The minimum atomic E-state index is -0.453. The van der Waals surface area contributed by atoms with Crippen LogP contribution in [0, 0.1) is 6.92 Å². The maximum Gasteiger partial charge on any atom is 0.255 e. The van der Waals surface area contributed by atoms with Crippen molar-refractivity contribution < 1.29 is 14.3 Å². The van der Waals surface area contributed by atoms with Crippen LogP contribution >= 0.6 is 0 Å². The Morgan fingerprint density at radius 3 is 2.58 bits per heavy atom. The van der Waals surface area contributed by atoms with E-state index in [0.29, 0.717) is 44.0 Å². The van der Waals surface area contributed by atoms with Gasteiger partial charge in [0.15, 0.2) is 0 Å². The number of benzene rings is 1. The van der Waals surface area contributed by atoms with Gasteiger partial charge in [-0.15, -0.1) is 0 Å². The van der Waals surface area contributed by atoms with Gasteiger partial charge in [0, 0.05) is 56.9 Å². The van der Waals surface area contributed by atoms with Crippen LogP contribution in [0.3, 0.4) is 0 Å². The summed E-state index contributed by atoms with van der Waals surface area (Å²) >= 11 is 0. The Morgan fingerprint density at radius 1 is 1.15 bits per heavy atom. The van der Waals surface area contributed by atoms with Crippen LogP contribution in [0.2, 0.25) is 0 Å². The highest BCUT2D eigenvalue weighted by molar-refractivity contribution is 5.99. The molecule has 3 rings (SSSR count). The first-order chi connectivity index (χ1) is 12.5. The Kier molecular flexibility index (Phi) is 5.78. The molecule has 1 atom stereocenters. The molecular formula is C19H28N4O3. The van der Waals surface area contributed by atoms with Gasteiger partial charge < -0.3 is 24.8 Å². The predicted molar refractivity (Wildman–Crippen MR) is 99.5 cm³/mol. The largest absolute Gasteiger partial charge is 0.496 e. The Bertz CT molecular complexity index is 671. The number of amides is 2. The number of ether oxygens (including phenoxy) is 1. The molecule has 0 bridgehead atoms. The summed E-state index contributed by atoms with van der Waals surface area (Å²) in [5.74, 6) is 0.627. The average molecular weight is 360 g/mol. The molecular weight excluding hydrogens is 332 g/mol. The van der Waals surface area contributed by atoms with Crippen molar-refractivity contribution in [3.63, 3.8) is 0 Å².